The molecule has 0 aliphatic rings. The monoisotopic (exact) mass is 277 g/mol. The minimum Gasteiger partial charge on any atom is -0.386 e. The smallest absolute Gasteiger partial charge is 0.263 e. The zero-order valence-corrected chi connectivity index (χ0v) is 11.5. The molecule has 19 heavy (non-hydrogen) atoms. The van der Waals surface area contributed by atoms with Crippen molar-refractivity contribution in [2.24, 2.45) is 0 Å². The van der Waals surface area contributed by atoms with E-state index in [2.05, 4.69) is 10.6 Å². The molecule has 0 fully saturated rings. The first kappa shape index (κ1) is 15.1. The highest BCUT2D eigenvalue weighted by Crippen LogP contribution is 2.10. The summed E-state index contributed by atoms with van der Waals surface area (Å²) in [6.45, 7) is 3.02. The van der Waals surface area contributed by atoms with E-state index in [1.165, 1.54) is 6.20 Å². The van der Waals surface area contributed by atoms with Crippen molar-refractivity contribution in [3.8, 4) is 6.07 Å². The standard InChI is InChI=1S/C14H16ClN3O/c1-2-6-18-14(19)12(8-16)10-17-9-11-4-3-5-13(15)7-11/h3-5,7,10,17H,2,6,9H2,1H3,(H,18,19)/b12-10-. The van der Waals surface area contributed by atoms with Gasteiger partial charge in [-0.05, 0) is 24.1 Å². The molecule has 0 bridgehead atoms. The highest BCUT2D eigenvalue weighted by atomic mass is 35.5. The van der Waals surface area contributed by atoms with Gasteiger partial charge in [0, 0.05) is 24.3 Å². The van der Waals surface area contributed by atoms with Crippen LogP contribution in [0.25, 0.3) is 0 Å². The molecule has 2 N–H and O–H groups in total. The zero-order valence-electron chi connectivity index (χ0n) is 10.7. The fourth-order valence-corrected chi connectivity index (χ4v) is 1.61. The number of rotatable bonds is 6. The van der Waals surface area contributed by atoms with Crippen LogP contribution in [0.15, 0.2) is 36.0 Å². The summed E-state index contributed by atoms with van der Waals surface area (Å²) < 4.78 is 0. The van der Waals surface area contributed by atoms with Crippen LogP contribution in [0.5, 0.6) is 0 Å². The summed E-state index contributed by atoms with van der Waals surface area (Å²) in [7, 11) is 0. The van der Waals surface area contributed by atoms with Gasteiger partial charge in [0.25, 0.3) is 5.91 Å². The third kappa shape index (κ3) is 5.45. The van der Waals surface area contributed by atoms with Crippen molar-refractivity contribution in [3.63, 3.8) is 0 Å². The third-order valence-electron chi connectivity index (χ3n) is 2.34. The van der Waals surface area contributed by atoms with Crippen LogP contribution in [-0.2, 0) is 11.3 Å². The summed E-state index contributed by atoms with van der Waals surface area (Å²) in [5.41, 5.74) is 1.05. The molecule has 0 saturated heterocycles. The highest BCUT2D eigenvalue weighted by Gasteiger charge is 2.06. The van der Waals surface area contributed by atoms with Crippen molar-refractivity contribution in [1.82, 2.24) is 10.6 Å². The number of carbonyl (C=O) groups is 1. The maximum Gasteiger partial charge on any atom is 0.263 e. The summed E-state index contributed by atoms with van der Waals surface area (Å²) in [5.74, 6) is -0.358. The molecule has 0 aromatic heterocycles. The van der Waals surface area contributed by atoms with Gasteiger partial charge in [-0.2, -0.15) is 5.26 Å². The van der Waals surface area contributed by atoms with Gasteiger partial charge in [-0.1, -0.05) is 30.7 Å². The lowest BCUT2D eigenvalue weighted by Gasteiger charge is -2.04. The SMILES string of the molecule is CCCNC(=O)/C(C#N)=C\NCc1cccc(Cl)c1. The summed E-state index contributed by atoms with van der Waals surface area (Å²) in [5, 5.41) is 15.1. The minimum atomic E-state index is -0.358. The topological polar surface area (TPSA) is 64.9 Å². The lowest BCUT2D eigenvalue weighted by molar-refractivity contribution is -0.117. The number of nitrogens with zero attached hydrogens (tertiary/aromatic N) is 1. The first-order valence-corrected chi connectivity index (χ1v) is 6.41. The van der Waals surface area contributed by atoms with Gasteiger partial charge in [0.05, 0.1) is 0 Å². The van der Waals surface area contributed by atoms with Crippen LogP contribution in [-0.4, -0.2) is 12.5 Å². The summed E-state index contributed by atoms with van der Waals surface area (Å²) >= 11 is 5.86. The van der Waals surface area contributed by atoms with Gasteiger partial charge in [-0.25, -0.2) is 0 Å². The van der Waals surface area contributed by atoms with Gasteiger partial charge in [0.1, 0.15) is 11.6 Å². The molecule has 0 spiro atoms. The largest absolute Gasteiger partial charge is 0.386 e. The predicted molar refractivity (Wildman–Crippen MR) is 75.3 cm³/mol. The Labute approximate surface area is 118 Å². The van der Waals surface area contributed by atoms with Gasteiger partial charge in [0.15, 0.2) is 0 Å². The third-order valence-corrected chi connectivity index (χ3v) is 2.58. The molecule has 0 saturated carbocycles. The average Bonchev–Trinajstić information content (AvgIpc) is 2.41. The van der Waals surface area contributed by atoms with Crippen molar-refractivity contribution in [3.05, 3.63) is 46.6 Å². The average molecular weight is 278 g/mol. The Hall–Kier alpha value is -1.99. The first-order chi connectivity index (χ1) is 9.17. The molecule has 1 rings (SSSR count). The number of hydrogen-bond donors (Lipinski definition) is 2. The Morgan fingerprint density at radius 1 is 1.53 bits per heavy atom. The van der Waals surface area contributed by atoms with E-state index in [-0.39, 0.29) is 11.5 Å². The van der Waals surface area contributed by atoms with Crippen LogP contribution in [0.1, 0.15) is 18.9 Å². The second kappa shape index (κ2) is 8.17. The first-order valence-electron chi connectivity index (χ1n) is 6.03. The van der Waals surface area contributed by atoms with E-state index in [9.17, 15) is 4.79 Å². The normalized spacial score (nSPS) is 10.7. The number of amides is 1. The van der Waals surface area contributed by atoms with Crippen molar-refractivity contribution in [2.75, 3.05) is 6.54 Å². The molecule has 5 heteroatoms. The van der Waals surface area contributed by atoms with Crippen LogP contribution in [0.4, 0.5) is 0 Å². The molecule has 0 aliphatic heterocycles. The molecule has 4 nitrogen and oxygen atoms in total. The van der Waals surface area contributed by atoms with Gasteiger partial charge >= 0.3 is 0 Å². The Bertz CT molecular complexity index is 506. The summed E-state index contributed by atoms with van der Waals surface area (Å²) in [6, 6.07) is 9.25. The van der Waals surface area contributed by atoms with Crippen molar-refractivity contribution < 1.29 is 4.79 Å². The lowest BCUT2D eigenvalue weighted by Crippen LogP contribution is -2.26. The molecule has 1 amide bonds. The van der Waals surface area contributed by atoms with E-state index in [0.717, 1.165) is 12.0 Å². The molecule has 0 heterocycles. The molecular weight excluding hydrogens is 262 g/mol. The molecule has 0 radical (unpaired) electrons. The molecule has 0 atom stereocenters. The molecule has 1 aromatic carbocycles. The van der Waals surface area contributed by atoms with Crippen LogP contribution in [0, 0.1) is 11.3 Å². The second-order valence-electron chi connectivity index (χ2n) is 3.94. The van der Waals surface area contributed by atoms with E-state index >= 15 is 0 Å². The van der Waals surface area contributed by atoms with E-state index in [4.69, 9.17) is 16.9 Å². The van der Waals surface area contributed by atoms with Crippen LogP contribution in [0.3, 0.4) is 0 Å². The van der Waals surface area contributed by atoms with Crippen molar-refractivity contribution in [2.45, 2.75) is 19.9 Å². The molecule has 100 valence electrons. The number of nitrogens with one attached hydrogen (secondary N) is 2. The zero-order chi connectivity index (χ0) is 14.1. The Morgan fingerprint density at radius 3 is 2.95 bits per heavy atom. The Balaban J connectivity index is 2.54. The molecular formula is C14H16ClN3O. The Kier molecular flexibility index (Phi) is 6.48. The second-order valence-corrected chi connectivity index (χ2v) is 4.37. The fraction of sp³-hybridized carbons (Fsp3) is 0.286. The van der Waals surface area contributed by atoms with E-state index in [0.29, 0.717) is 18.1 Å². The van der Waals surface area contributed by atoms with E-state index in [1.807, 2.05) is 31.2 Å². The van der Waals surface area contributed by atoms with E-state index in [1.54, 1.807) is 6.07 Å². The number of hydrogen-bond acceptors (Lipinski definition) is 3. The quantitative estimate of drug-likeness (QED) is 0.620. The van der Waals surface area contributed by atoms with Crippen LogP contribution >= 0.6 is 11.6 Å². The summed E-state index contributed by atoms with van der Waals surface area (Å²) in [6.07, 6.45) is 2.26. The van der Waals surface area contributed by atoms with Gasteiger partial charge in [-0.3, -0.25) is 4.79 Å². The van der Waals surface area contributed by atoms with Crippen LogP contribution in [0.2, 0.25) is 5.02 Å². The van der Waals surface area contributed by atoms with Crippen molar-refractivity contribution in [1.29, 1.82) is 5.26 Å². The number of carbonyl (C=O) groups excluding carboxylic acids is 1. The van der Waals surface area contributed by atoms with E-state index < -0.39 is 0 Å². The maximum absolute atomic E-state index is 11.6. The van der Waals surface area contributed by atoms with Crippen LogP contribution < -0.4 is 10.6 Å². The van der Waals surface area contributed by atoms with Crippen molar-refractivity contribution >= 4 is 17.5 Å². The van der Waals surface area contributed by atoms with Gasteiger partial charge < -0.3 is 10.6 Å². The highest BCUT2D eigenvalue weighted by molar-refractivity contribution is 6.30. The molecule has 0 unspecified atom stereocenters. The number of nitriles is 1. The predicted octanol–water partition coefficient (Wildman–Crippen LogP) is 2.36. The van der Waals surface area contributed by atoms with Gasteiger partial charge in [0.2, 0.25) is 0 Å². The minimum absolute atomic E-state index is 0.0653. The molecule has 0 aliphatic carbocycles. The number of halogens is 1. The maximum atomic E-state index is 11.6. The number of benzene rings is 1. The summed E-state index contributed by atoms with van der Waals surface area (Å²) in [4.78, 5) is 11.6. The van der Waals surface area contributed by atoms with Gasteiger partial charge in [-0.15, -0.1) is 0 Å². The fourth-order valence-electron chi connectivity index (χ4n) is 1.40. The lowest BCUT2D eigenvalue weighted by atomic mass is 10.2. The molecule has 1 aromatic rings. The Morgan fingerprint density at radius 2 is 2.32 bits per heavy atom.